The lowest BCUT2D eigenvalue weighted by atomic mass is 9.98. The first-order valence-electron chi connectivity index (χ1n) is 12.3. The summed E-state index contributed by atoms with van der Waals surface area (Å²) in [5, 5.41) is 16.8. The molecule has 8 heteroatoms. The van der Waals surface area contributed by atoms with Crippen molar-refractivity contribution in [3.8, 4) is 5.75 Å². The maximum absolute atomic E-state index is 12.8. The van der Waals surface area contributed by atoms with E-state index in [0.29, 0.717) is 24.2 Å². The number of para-hydroxylation sites is 2. The van der Waals surface area contributed by atoms with Crippen molar-refractivity contribution >= 4 is 50.7 Å². The van der Waals surface area contributed by atoms with Crippen LogP contribution in [0.1, 0.15) is 50.7 Å². The summed E-state index contributed by atoms with van der Waals surface area (Å²) in [4.78, 5) is 17.0. The van der Waals surface area contributed by atoms with E-state index in [-0.39, 0.29) is 11.4 Å². The summed E-state index contributed by atoms with van der Waals surface area (Å²) in [6.45, 7) is 7.56. The number of hydrogen-bond acceptors (Lipinski definition) is 5. The molecule has 2 aliphatic heterocycles. The van der Waals surface area contributed by atoms with E-state index in [1.54, 1.807) is 6.08 Å². The van der Waals surface area contributed by atoms with Gasteiger partial charge in [-0.15, -0.1) is 0 Å². The third kappa shape index (κ3) is 4.48. The molecule has 1 N–H and O–H groups in total. The Morgan fingerprint density at radius 2 is 1.92 bits per heavy atom. The number of amides is 1. The molecule has 0 bridgehead atoms. The van der Waals surface area contributed by atoms with Crippen LogP contribution in [-0.4, -0.2) is 38.1 Å². The van der Waals surface area contributed by atoms with Gasteiger partial charge in [0.2, 0.25) is 5.17 Å². The minimum Gasteiger partial charge on any atom is -0.491 e. The topological polar surface area (TPSA) is 83.0 Å². The van der Waals surface area contributed by atoms with Crippen molar-refractivity contribution in [1.29, 1.82) is 5.41 Å². The smallest absolute Gasteiger partial charge is 0.283 e. The Balaban J connectivity index is 1.41. The quantitative estimate of drug-likeness (QED) is 0.371. The normalized spacial score (nSPS) is 17.4. The molecule has 7 nitrogen and oxygen atoms in total. The summed E-state index contributed by atoms with van der Waals surface area (Å²) in [7, 11) is 0. The highest BCUT2D eigenvalue weighted by Crippen LogP contribution is 2.31. The molecule has 36 heavy (non-hydrogen) atoms. The number of benzene rings is 2. The fourth-order valence-electron chi connectivity index (χ4n) is 4.40. The molecule has 1 amide bonds. The fraction of sp³-hybridized carbons (Fsp3) is 0.286. The summed E-state index contributed by atoms with van der Waals surface area (Å²) in [5.74, 6) is 1.01. The minimum absolute atomic E-state index is 0.0581. The van der Waals surface area contributed by atoms with Crippen molar-refractivity contribution in [1.82, 2.24) is 9.58 Å². The predicted octanol–water partition coefficient (Wildman–Crippen LogP) is 6.26. The number of fused-ring (bicyclic) bond motifs is 2. The second kappa shape index (κ2) is 10.1. The Morgan fingerprint density at radius 3 is 2.72 bits per heavy atom. The molecule has 0 fully saturated rings. The van der Waals surface area contributed by atoms with Crippen LogP contribution in [0.4, 0.5) is 0 Å². The number of aromatic nitrogens is 1. The third-order valence-corrected chi connectivity index (χ3v) is 7.62. The van der Waals surface area contributed by atoms with Gasteiger partial charge in [-0.05, 0) is 54.3 Å². The van der Waals surface area contributed by atoms with Crippen LogP contribution in [0.5, 0.6) is 5.75 Å². The van der Waals surface area contributed by atoms with Crippen LogP contribution < -0.4 is 4.74 Å². The molecule has 0 aliphatic carbocycles. The fourth-order valence-corrected chi connectivity index (χ4v) is 5.22. The zero-order valence-electron chi connectivity index (χ0n) is 20.7. The van der Waals surface area contributed by atoms with Gasteiger partial charge in [0, 0.05) is 22.7 Å². The molecule has 184 valence electrons. The van der Waals surface area contributed by atoms with Gasteiger partial charge in [-0.1, -0.05) is 57.2 Å². The van der Waals surface area contributed by atoms with E-state index in [9.17, 15) is 4.79 Å². The second-order valence-electron chi connectivity index (χ2n) is 8.86. The van der Waals surface area contributed by atoms with E-state index in [1.807, 2.05) is 43.5 Å². The van der Waals surface area contributed by atoms with Crippen LogP contribution in [0.25, 0.3) is 17.0 Å². The molecule has 1 aromatic heterocycles. The maximum atomic E-state index is 12.8. The van der Waals surface area contributed by atoms with Gasteiger partial charge in [-0.3, -0.25) is 10.2 Å². The van der Waals surface area contributed by atoms with E-state index < -0.39 is 5.91 Å². The first-order valence-corrected chi connectivity index (χ1v) is 13.1. The van der Waals surface area contributed by atoms with Gasteiger partial charge in [0.15, 0.2) is 5.84 Å². The first kappa shape index (κ1) is 24.1. The van der Waals surface area contributed by atoms with Crippen molar-refractivity contribution in [3.05, 3.63) is 71.4 Å². The number of amidine groups is 2. The van der Waals surface area contributed by atoms with Crippen LogP contribution in [0.15, 0.2) is 70.4 Å². The highest BCUT2D eigenvalue weighted by atomic mass is 32.2. The molecule has 5 rings (SSSR count). The molecule has 1 atom stereocenters. The number of nitrogens with zero attached hydrogens (tertiary/aromatic N) is 4. The highest BCUT2D eigenvalue weighted by molar-refractivity contribution is 8.26. The molecule has 0 radical (unpaired) electrons. The third-order valence-electron chi connectivity index (χ3n) is 6.57. The molecule has 3 aromatic rings. The summed E-state index contributed by atoms with van der Waals surface area (Å²) < 4.78 is 8.35. The van der Waals surface area contributed by atoms with Crippen LogP contribution in [-0.2, 0) is 11.3 Å². The Morgan fingerprint density at radius 1 is 1.14 bits per heavy atom. The summed E-state index contributed by atoms with van der Waals surface area (Å²) >= 11 is 1.35. The monoisotopic (exact) mass is 499 g/mol. The van der Waals surface area contributed by atoms with E-state index in [0.717, 1.165) is 40.1 Å². The molecule has 1 unspecified atom stereocenters. The second-order valence-corrected chi connectivity index (χ2v) is 9.90. The number of ether oxygens (including phenoxy) is 1. The van der Waals surface area contributed by atoms with Crippen molar-refractivity contribution in [2.24, 2.45) is 10.1 Å². The zero-order chi connectivity index (χ0) is 25.2. The summed E-state index contributed by atoms with van der Waals surface area (Å²) in [5.41, 5.74) is 3.38. The first-order chi connectivity index (χ1) is 17.5. The number of aliphatic imine (C=N–C) groups is 1. The maximum Gasteiger partial charge on any atom is 0.283 e. The largest absolute Gasteiger partial charge is 0.491 e. The Hall–Kier alpha value is -3.65. The standard InChI is InChI=1S/C28H29N5O2S/c1-4-18(3)20-10-7-9-13-24(20)35-15-14-32-17-19(21-11-6-8-12-23(21)32)16-22-26(29)33-28(30-27(22)34)36-25(5-2)31-33/h6-13,16-18,29H,4-5,14-15H2,1-3H3. The lowest BCUT2D eigenvalue weighted by Gasteiger charge is -2.20. The van der Waals surface area contributed by atoms with E-state index >= 15 is 0 Å². The molecule has 0 spiro atoms. The number of nitrogens with one attached hydrogen (secondary N) is 1. The summed E-state index contributed by atoms with van der Waals surface area (Å²) in [6, 6.07) is 16.3. The summed E-state index contributed by atoms with van der Waals surface area (Å²) in [6.07, 6.45) is 5.56. The van der Waals surface area contributed by atoms with Crippen molar-refractivity contribution < 1.29 is 9.53 Å². The van der Waals surface area contributed by atoms with Crippen LogP contribution in [0, 0.1) is 5.41 Å². The number of rotatable bonds is 8. The molecule has 3 heterocycles. The predicted molar refractivity (Wildman–Crippen MR) is 148 cm³/mol. The van der Waals surface area contributed by atoms with Crippen LogP contribution in [0.3, 0.4) is 0 Å². The van der Waals surface area contributed by atoms with Gasteiger partial charge < -0.3 is 9.30 Å². The minimum atomic E-state index is -0.409. The molecule has 0 saturated carbocycles. The molecule has 2 aromatic carbocycles. The van der Waals surface area contributed by atoms with Gasteiger partial charge in [0.1, 0.15) is 17.4 Å². The Kier molecular flexibility index (Phi) is 6.78. The number of thioether (sulfide) groups is 1. The van der Waals surface area contributed by atoms with E-state index in [4.69, 9.17) is 10.1 Å². The van der Waals surface area contributed by atoms with Gasteiger partial charge in [-0.25, -0.2) is 0 Å². The number of carbonyl (C=O) groups is 1. The number of hydrazone groups is 1. The van der Waals surface area contributed by atoms with Gasteiger partial charge in [-0.2, -0.15) is 15.1 Å². The van der Waals surface area contributed by atoms with Crippen molar-refractivity contribution in [2.75, 3.05) is 6.61 Å². The van der Waals surface area contributed by atoms with Gasteiger partial charge in [0.25, 0.3) is 5.91 Å². The zero-order valence-corrected chi connectivity index (χ0v) is 21.5. The van der Waals surface area contributed by atoms with Crippen LogP contribution >= 0.6 is 11.8 Å². The molecule has 2 aliphatic rings. The highest BCUT2D eigenvalue weighted by Gasteiger charge is 2.35. The van der Waals surface area contributed by atoms with Crippen molar-refractivity contribution in [3.63, 3.8) is 0 Å². The number of hydrogen-bond donors (Lipinski definition) is 1. The molecule has 0 saturated heterocycles. The Labute approximate surface area is 215 Å². The van der Waals surface area contributed by atoms with Crippen LogP contribution in [0.2, 0.25) is 0 Å². The molecular weight excluding hydrogens is 470 g/mol. The average molecular weight is 500 g/mol. The number of carbonyl (C=O) groups excluding carboxylic acids is 1. The van der Waals surface area contributed by atoms with E-state index in [1.165, 1.54) is 22.3 Å². The van der Waals surface area contributed by atoms with E-state index in [2.05, 4.69) is 46.7 Å². The molecular formula is C28H29N5O2S. The lowest BCUT2D eigenvalue weighted by molar-refractivity contribution is -0.114. The lowest BCUT2D eigenvalue weighted by Crippen LogP contribution is -2.35. The van der Waals surface area contributed by atoms with Gasteiger partial charge >= 0.3 is 0 Å². The SMILES string of the molecule is CCC1=NN2C(=N)C(=Cc3cn(CCOc4ccccc4C(C)CC)c4ccccc34)C(=O)N=C2S1. The van der Waals surface area contributed by atoms with Gasteiger partial charge in [0.05, 0.1) is 12.1 Å². The van der Waals surface area contributed by atoms with Crippen molar-refractivity contribution in [2.45, 2.75) is 46.1 Å². The Bertz CT molecular complexity index is 1430. The average Bonchev–Trinajstić information content (AvgIpc) is 3.48.